The van der Waals surface area contributed by atoms with Crippen LogP contribution < -0.4 is 11.1 Å². The molecule has 21 heavy (non-hydrogen) atoms. The van der Waals surface area contributed by atoms with Gasteiger partial charge in [-0.2, -0.15) is 0 Å². The highest BCUT2D eigenvalue weighted by molar-refractivity contribution is 5.94. The Morgan fingerprint density at radius 3 is 2.48 bits per heavy atom. The molecule has 112 valence electrons. The van der Waals surface area contributed by atoms with Gasteiger partial charge in [0.2, 0.25) is 11.8 Å². The van der Waals surface area contributed by atoms with Gasteiger partial charge in [-0.05, 0) is 30.7 Å². The van der Waals surface area contributed by atoms with Crippen molar-refractivity contribution in [2.24, 2.45) is 5.73 Å². The van der Waals surface area contributed by atoms with Crippen LogP contribution in [-0.4, -0.2) is 30.9 Å². The maximum atomic E-state index is 11.5. The number of nitrogens with one attached hydrogen (secondary N) is 1. The van der Waals surface area contributed by atoms with E-state index in [0.717, 1.165) is 5.56 Å². The Bertz CT molecular complexity index is 535. The highest BCUT2D eigenvalue weighted by atomic mass is 16.5. The molecule has 0 aliphatic rings. The van der Waals surface area contributed by atoms with Gasteiger partial charge in [0, 0.05) is 18.2 Å². The molecule has 0 aliphatic carbocycles. The average Bonchev–Trinajstić information content (AvgIpc) is 2.46. The molecule has 0 fully saturated rings. The first-order chi connectivity index (χ1) is 10.0. The van der Waals surface area contributed by atoms with E-state index in [2.05, 4.69) is 5.32 Å². The minimum Gasteiger partial charge on any atom is -0.466 e. The fourth-order valence-electron chi connectivity index (χ4n) is 1.51. The van der Waals surface area contributed by atoms with Gasteiger partial charge in [0.25, 0.3) is 0 Å². The highest BCUT2D eigenvalue weighted by Crippen LogP contribution is 2.05. The van der Waals surface area contributed by atoms with Gasteiger partial charge in [0.1, 0.15) is 0 Å². The Hall–Kier alpha value is -2.63. The molecule has 6 nitrogen and oxygen atoms in total. The van der Waals surface area contributed by atoms with Crippen LogP contribution in [-0.2, 0) is 14.3 Å². The van der Waals surface area contributed by atoms with Crippen LogP contribution in [0.4, 0.5) is 0 Å². The van der Waals surface area contributed by atoms with E-state index in [1.807, 2.05) is 0 Å². The molecular formula is C15H18N2O4. The largest absolute Gasteiger partial charge is 0.466 e. The number of hydrogen-bond donors (Lipinski definition) is 2. The van der Waals surface area contributed by atoms with Crippen molar-refractivity contribution < 1.29 is 19.1 Å². The molecule has 1 aromatic carbocycles. The van der Waals surface area contributed by atoms with Crippen molar-refractivity contribution in [1.29, 1.82) is 0 Å². The van der Waals surface area contributed by atoms with Crippen molar-refractivity contribution in [1.82, 2.24) is 5.32 Å². The zero-order chi connectivity index (χ0) is 15.7. The monoisotopic (exact) mass is 290 g/mol. The van der Waals surface area contributed by atoms with Gasteiger partial charge in [0.05, 0.1) is 13.0 Å². The molecule has 6 heteroatoms. The van der Waals surface area contributed by atoms with Crippen LogP contribution >= 0.6 is 0 Å². The third kappa shape index (κ3) is 6.38. The lowest BCUT2D eigenvalue weighted by Gasteiger charge is -2.02. The number of ether oxygens (including phenoxy) is 1. The summed E-state index contributed by atoms with van der Waals surface area (Å²) in [6.07, 6.45) is 3.09. The molecule has 0 aliphatic heterocycles. The smallest absolute Gasteiger partial charge is 0.307 e. The van der Waals surface area contributed by atoms with Gasteiger partial charge in [-0.3, -0.25) is 14.4 Å². The minimum atomic E-state index is -0.498. The van der Waals surface area contributed by atoms with E-state index in [-0.39, 0.29) is 24.8 Å². The molecular weight excluding hydrogens is 272 g/mol. The van der Waals surface area contributed by atoms with E-state index < -0.39 is 5.91 Å². The normalized spacial score (nSPS) is 10.3. The summed E-state index contributed by atoms with van der Waals surface area (Å²) in [4.78, 5) is 33.5. The Labute approximate surface area is 123 Å². The lowest BCUT2D eigenvalue weighted by Crippen LogP contribution is -2.24. The third-order valence-corrected chi connectivity index (χ3v) is 2.56. The van der Waals surface area contributed by atoms with Gasteiger partial charge in [-0.15, -0.1) is 0 Å². The molecule has 0 atom stereocenters. The first-order valence-electron chi connectivity index (χ1n) is 6.54. The summed E-state index contributed by atoms with van der Waals surface area (Å²) >= 11 is 0. The fourth-order valence-corrected chi connectivity index (χ4v) is 1.51. The molecule has 0 bridgehead atoms. The zero-order valence-electron chi connectivity index (χ0n) is 11.8. The summed E-state index contributed by atoms with van der Waals surface area (Å²) in [7, 11) is 0. The van der Waals surface area contributed by atoms with E-state index in [0.29, 0.717) is 12.2 Å². The number of amides is 2. The average molecular weight is 290 g/mol. The summed E-state index contributed by atoms with van der Waals surface area (Å²) in [5.41, 5.74) is 6.30. The second kappa shape index (κ2) is 8.52. The van der Waals surface area contributed by atoms with E-state index in [1.54, 1.807) is 37.3 Å². The second-order valence-corrected chi connectivity index (χ2v) is 4.17. The minimum absolute atomic E-state index is 0.140. The van der Waals surface area contributed by atoms with Crippen LogP contribution in [0, 0.1) is 0 Å². The molecule has 0 unspecified atom stereocenters. The van der Waals surface area contributed by atoms with Crippen LogP contribution in [0.2, 0.25) is 0 Å². The lowest BCUT2D eigenvalue weighted by atomic mass is 10.1. The zero-order valence-corrected chi connectivity index (χ0v) is 11.8. The quantitative estimate of drug-likeness (QED) is 0.575. The number of nitrogens with two attached hydrogens (primary N) is 1. The number of rotatable bonds is 7. The highest BCUT2D eigenvalue weighted by Gasteiger charge is 2.02. The van der Waals surface area contributed by atoms with Crippen LogP contribution in [0.15, 0.2) is 30.3 Å². The molecule has 3 N–H and O–H groups in total. The number of esters is 1. The molecule has 0 radical (unpaired) electrons. The predicted molar refractivity (Wildman–Crippen MR) is 78.3 cm³/mol. The molecule has 0 spiro atoms. The number of benzene rings is 1. The van der Waals surface area contributed by atoms with E-state index in [1.165, 1.54) is 6.08 Å². The van der Waals surface area contributed by atoms with E-state index >= 15 is 0 Å². The number of carbonyl (C=O) groups excluding carboxylic acids is 3. The van der Waals surface area contributed by atoms with Crippen molar-refractivity contribution >= 4 is 23.9 Å². The standard InChI is InChI=1S/C15H18N2O4/c1-2-21-14(19)9-10-17-13(18)8-5-11-3-6-12(7-4-11)15(16)20/h3-8H,2,9-10H2,1H3,(H2,16,20)(H,17,18). The number of hydrogen-bond acceptors (Lipinski definition) is 4. The summed E-state index contributed by atoms with van der Waals surface area (Å²) < 4.78 is 4.74. The number of carbonyl (C=O) groups is 3. The van der Waals surface area contributed by atoms with Crippen LogP contribution in [0.25, 0.3) is 6.08 Å². The Balaban J connectivity index is 2.40. The molecule has 0 saturated heterocycles. The van der Waals surface area contributed by atoms with Gasteiger partial charge in [-0.1, -0.05) is 12.1 Å². The Morgan fingerprint density at radius 1 is 1.24 bits per heavy atom. The van der Waals surface area contributed by atoms with E-state index in [4.69, 9.17) is 10.5 Å². The number of primary amides is 1. The molecule has 0 heterocycles. The van der Waals surface area contributed by atoms with Gasteiger partial charge in [-0.25, -0.2) is 0 Å². The van der Waals surface area contributed by atoms with Crippen molar-refractivity contribution in [2.75, 3.05) is 13.2 Å². The topological polar surface area (TPSA) is 98.5 Å². The van der Waals surface area contributed by atoms with Crippen LogP contribution in [0.1, 0.15) is 29.3 Å². The summed E-state index contributed by atoms with van der Waals surface area (Å²) in [6, 6.07) is 6.53. The fraction of sp³-hybridized carbons (Fsp3) is 0.267. The second-order valence-electron chi connectivity index (χ2n) is 4.17. The maximum Gasteiger partial charge on any atom is 0.307 e. The first-order valence-corrected chi connectivity index (χ1v) is 6.54. The molecule has 0 aromatic heterocycles. The first kappa shape index (κ1) is 16.4. The van der Waals surface area contributed by atoms with Gasteiger partial charge < -0.3 is 15.8 Å². The molecule has 1 aromatic rings. The van der Waals surface area contributed by atoms with Crippen molar-refractivity contribution in [3.8, 4) is 0 Å². The maximum absolute atomic E-state index is 11.5. The molecule has 0 saturated carbocycles. The summed E-state index contributed by atoms with van der Waals surface area (Å²) in [5, 5.41) is 2.57. The Morgan fingerprint density at radius 2 is 1.90 bits per heavy atom. The Kier molecular flexibility index (Phi) is 6.67. The molecule has 2 amide bonds. The van der Waals surface area contributed by atoms with Crippen molar-refractivity contribution in [3.05, 3.63) is 41.5 Å². The third-order valence-electron chi connectivity index (χ3n) is 2.56. The van der Waals surface area contributed by atoms with Crippen molar-refractivity contribution in [2.45, 2.75) is 13.3 Å². The molecule has 1 rings (SSSR count). The van der Waals surface area contributed by atoms with E-state index in [9.17, 15) is 14.4 Å². The van der Waals surface area contributed by atoms with Gasteiger partial charge in [0.15, 0.2) is 0 Å². The predicted octanol–water partition coefficient (Wildman–Crippen LogP) is 0.868. The van der Waals surface area contributed by atoms with Gasteiger partial charge >= 0.3 is 5.97 Å². The lowest BCUT2D eigenvalue weighted by molar-refractivity contribution is -0.142. The SMILES string of the molecule is CCOC(=O)CCNC(=O)C=Cc1ccc(C(N)=O)cc1. The van der Waals surface area contributed by atoms with Crippen molar-refractivity contribution in [3.63, 3.8) is 0 Å². The van der Waals surface area contributed by atoms with Crippen LogP contribution in [0.3, 0.4) is 0 Å². The summed E-state index contributed by atoms with van der Waals surface area (Å²) in [5.74, 6) is -1.15. The summed E-state index contributed by atoms with van der Waals surface area (Å²) in [6.45, 7) is 2.28. The van der Waals surface area contributed by atoms with Crippen LogP contribution in [0.5, 0.6) is 0 Å².